The van der Waals surface area contributed by atoms with Crippen molar-refractivity contribution in [2.75, 3.05) is 32.2 Å². The topological polar surface area (TPSA) is 29.5 Å². The summed E-state index contributed by atoms with van der Waals surface area (Å²) in [4.78, 5) is 13.3. The molecule has 0 aliphatic carbocycles. The van der Waals surface area contributed by atoms with Crippen LogP contribution in [-0.2, 0) is 9.53 Å². The van der Waals surface area contributed by atoms with Gasteiger partial charge >= 0.3 is 0 Å². The Hall–Kier alpha value is -0.280. The van der Waals surface area contributed by atoms with Gasteiger partial charge in [-0.25, -0.2) is 0 Å². The second kappa shape index (κ2) is 5.45. The first-order valence-corrected chi connectivity index (χ1v) is 5.22. The highest BCUT2D eigenvalue weighted by Crippen LogP contribution is 2.17. The summed E-state index contributed by atoms with van der Waals surface area (Å²) in [6.45, 7) is 4.33. The fraction of sp³-hybridized carbons (Fsp3) is 0.889. The molecule has 1 unspecified atom stereocenters. The zero-order chi connectivity index (χ0) is 9.68. The maximum atomic E-state index is 11.4. The van der Waals surface area contributed by atoms with Crippen LogP contribution in [-0.4, -0.2) is 43.0 Å². The summed E-state index contributed by atoms with van der Waals surface area (Å²) < 4.78 is 5.05. The van der Waals surface area contributed by atoms with Gasteiger partial charge in [-0.2, -0.15) is 0 Å². The molecule has 1 amide bonds. The molecule has 0 N–H and O–H groups in total. The predicted molar refractivity (Wildman–Crippen MR) is 51.9 cm³/mol. The molecule has 0 spiro atoms. The van der Waals surface area contributed by atoms with Gasteiger partial charge in [-0.3, -0.25) is 4.79 Å². The number of rotatable bonds is 4. The third kappa shape index (κ3) is 3.16. The van der Waals surface area contributed by atoms with Crippen molar-refractivity contribution in [1.29, 1.82) is 0 Å². The van der Waals surface area contributed by atoms with Gasteiger partial charge in [-0.1, -0.05) is 0 Å². The maximum Gasteiger partial charge on any atom is 0.248 e. The fourth-order valence-electron chi connectivity index (χ4n) is 1.47. The van der Waals surface area contributed by atoms with Gasteiger partial charge in [0.25, 0.3) is 0 Å². The van der Waals surface area contributed by atoms with Crippen molar-refractivity contribution < 1.29 is 9.53 Å². The first-order chi connectivity index (χ1) is 6.27. The summed E-state index contributed by atoms with van der Waals surface area (Å²) in [7, 11) is 0. The molecule has 3 nitrogen and oxygen atoms in total. The van der Waals surface area contributed by atoms with Gasteiger partial charge in [0, 0.05) is 25.6 Å². The Morgan fingerprint density at radius 2 is 2.46 bits per heavy atom. The second-order valence-electron chi connectivity index (χ2n) is 3.29. The van der Waals surface area contributed by atoms with Crippen molar-refractivity contribution in [1.82, 2.24) is 4.90 Å². The molecule has 1 atom stereocenters. The lowest BCUT2D eigenvalue weighted by Gasteiger charge is -2.15. The van der Waals surface area contributed by atoms with Crippen molar-refractivity contribution >= 4 is 17.5 Å². The van der Waals surface area contributed by atoms with Crippen LogP contribution in [0.5, 0.6) is 0 Å². The van der Waals surface area contributed by atoms with Crippen molar-refractivity contribution in [3.05, 3.63) is 0 Å². The molecule has 1 aliphatic rings. The van der Waals surface area contributed by atoms with E-state index in [4.69, 9.17) is 16.3 Å². The lowest BCUT2D eigenvalue weighted by Crippen LogP contribution is -2.32. The molecule has 1 saturated heterocycles. The van der Waals surface area contributed by atoms with Crippen LogP contribution in [0.2, 0.25) is 0 Å². The fourth-order valence-corrected chi connectivity index (χ4v) is 1.72. The maximum absolute atomic E-state index is 11.4. The summed E-state index contributed by atoms with van der Waals surface area (Å²) in [6.07, 6.45) is 1.03. The lowest BCUT2D eigenvalue weighted by molar-refractivity contribution is -0.135. The summed E-state index contributed by atoms with van der Waals surface area (Å²) in [6, 6.07) is 0. The van der Waals surface area contributed by atoms with E-state index in [1.165, 1.54) is 0 Å². The summed E-state index contributed by atoms with van der Waals surface area (Å²) in [5.74, 6) is 1.22. The molecule has 13 heavy (non-hydrogen) atoms. The molecule has 1 fully saturated rings. The molecule has 0 aromatic carbocycles. The molecule has 1 heterocycles. The molecule has 76 valence electrons. The Morgan fingerprint density at radius 3 is 3.00 bits per heavy atom. The second-order valence-corrected chi connectivity index (χ2v) is 3.59. The van der Waals surface area contributed by atoms with E-state index in [1.807, 2.05) is 11.8 Å². The minimum absolute atomic E-state index is 0.0921. The van der Waals surface area contributed by atoms with E-state index in [0.29, 0.717) is 18.4 Å². The SMILES string of the molecule is CCOCC(=O)N1CCC(CCl)C1. The smallest absolute Gasteiger partial charge is 0.248 e. The molecule has 0 aromatic heterocycles. The zero-order valence-electron chi connectivity index (χ0n) is 7.96. The Labute approximate surface area is 84.0 Å². The molecular weight excluding hydrogens is 190 g/mol. The normalized spacial score (nSPS) is 22.3. The number of ether oxygens (including phenoxy) is 1. The molecule has 0 aromatic rings. The average molecular weight is 206 g/mol. The summed E-state index contributed by atoms with van der Waals surface area (Å²) in [5, 5.41) is 0. The molecule has 4 heteroatoms. The number of carbonyl (C=O) groups excluding carboxylic acids is 1. The molecular formula is C9H16ClNO2. The first-order valence-electron chi connectivity index (χ1n) is 4.69. The van der Waals surface area contributed by atoms with E-state index in [2.05, 4.69) is 0 Å². The van der Waals surface area contributed by atoms with Crippen molar-refractivity contribution in [2.45, 2.75) is 13.3 Å². The Bertz CT molecular complexity index is 175. The van der Waals surface area contributed by atoms with E-state index >= 15 is 0 Å². The number of alkyl halides is 1. The highest BCUT2D eigenvalue weighted by atomic mass is 35.5. The predicted octanol–water partition coefficient (Wildman–Crippen LogP) is 1.11. The largest absolute Gasteiger partial charge is 0.372 e. The van der Waals surface area contributed by atoms with Gasteiger partial charge in [0.15, 0.2) is 0 Å². The standard InChI is InChI=1S/C9H16ClNO2/c1-2-13-7-9(12)11-4-3-8(5-10)6-11/h8H,2-7H2,1H3. The average Bonchev–Trinajstić information content (AvgIpc) is 2.62. The number of likely N-dealkylation sites (tertiary alicyclic amines) is 1. The van der Waals surface area contributed by atoms with Crippen LogP contribution in [0.15, 0.2) is 0 Å². The Kier molecular flexibility index (Phi) is 4.53. The number of halogens is 1. The van der Waals surface area contributed by atoms with Gasteiger partial charge in [0.1, 0.15) is 6.61 Å². The minimum Gasteiger partial charge on any atom is -0.372 e. The van der Waals surface area contributed by atoms with Crippen LogP contribution in [0.3, 0.4) is 0 Å². The van der Waals surface area contributed by atoms with Crippen LogP contribution >= 0.6 is 11.6 Å². The van der Waals surface area contributed by atoms with Crippen molar-refractivity contribution in [3.63, 3.8) is 0 Å². The van der Waals surface area contributed by atoms with Gasteiger partial charge in [-0.15, -0.1) is 11.6 Å². The van der Waals surface area contributed by atoms with Crippen LogP contribution in [0.25, 0.3) is 0 Å². The third-order valence-corrected chi connectivity index (χ3v) is 2.72. The quantitative estimate of drug-likeness (QED) is 0.644. The van der Waals surface area contributed by atoms with Crippen molar-refractivity contribution in [3.8, 4) is 0 Å². The van der Waals surface area contributed by atoms with E-state index in [9.17, 15) is 4.79 Å². The zero-order valence-corrected chi connectivity index (χ0v) is 8.72. The molecule has 0 radical (unpaired) electrons. The summed E-state index contributed by atoms with van der Waals surface area (Å²) in [5.41, 5.74) is 0. The Balaban J connectivity index is 2.25. The van der Waals surface area contributed by atoms with E-state index in [1.54, 1.807) is 0 Å². The number of amides is 1. The van der Waals surface area contributed by atoms with Gasteiger partial charge in [0.05, 0.1) is 0 Å². The number of nitrogens with zero attached hydrogens (tertiary/aromatic N) is 1. The summed E-state index contributed by atoms with van der Waals surface area (Å²) >= 11 is 5.71. The van der Waals surface area contributed by atoms with Crippen LogP contribution < -0.4 is 0 Å². The van der Waals surface area contributed by atoms with Crippen LogP contribution in [0.4, 0.5) is 0 Å². The van der Waals surface area contributed by atoms with E-state index < -0.39 is 0 Å². The Morgan fingerprint density at radius 1 is 1.69 bits per heavy atom. The van der Waals surface area contributed by atoms with Gasteiger partial charge < -0.3 is 9.64 Å². The van der Waals surface area contributed by atoms with Crippen molar-refractivity contribution in [2.24, 2.45) is 5.92 Å². The number of hydrogen-bond acceptors (Lipinski definition) is 2. The van der Waals surface area contributed by atoms with Crippen LogP contribution in [0.1, 0.15) is 13.3 Å². The first kappa shape index (κ1) is 10.8. The highest BCUT2D eigenvalue weighted by Gasteiger charge is 2.25. The van der Waals surface area contributed by atoms with E-state index in [-0.39, 0.29) is 12.5 Å². The monoisotopic (exact) mass is 205 g/mol. The van der Waals surface area contributed by atoms with E-state index in [0.717, 1.165) is 19.5 Å². The molecule has 1 rings (SSSR count). The molecule has 0 bridgehead atoms. The van der Waals surface area contributed by atoms with Gasteiger partial charge in [-0.05, 0) is 19.3 Å². The molecule has 0 saturated carbocycles. The van der Waals surface area contributed by atoms with Gasteiger partial charge in [0.2, 0.25) is 5.91 Å². The lowest BCUT2D eigenvalue weighted by atomic mass is 10.2. The minimum atomic E-state index is 0.0921. The number of hydrogen-bond donors (Lipinski definition) is 0. The molecule has 1 aliphatic heterocycles. The number of carbonyl (C=O) groups is 1. The third-order valence-electron chi connectivity index (χ3n) is 2.29. The van der Waals surface area contributed by atoms with Crippen LogP contribution in [0, 0.1) is 5.92 Å². The highest BCUT2D eigenvalue weighted by molar-refractivity contribution is 6.18.